The van der Waals surface area contributed by atoms with Gasteiger partial charge >= 0.3 is 16.4 Å². The van der Waals surface area contributed by atoms with Crippen molar-refractivity contribution in [1.29, 1.82) is 0 Å². The van der Waals surface area contributed by atoms with Gasteiger partial charge in [-0.15, -0.1) is 4.28 Å². The van der Waals surface area contributed by atoms with Gasteiger partial charge in [0.15, 0.2) is 0 Å². The molecule has 0 spiro atoms. The Balaban J connectivity index is 2.01. The average molecular weight is 324 g/mol. The third-order valence-corrected chi connectivity index (χ3v) is 3.54. The van der Waals surface area contributed by atoms with Gasteiger partial charge in [-0.05, 0) is 12.8 Å². The molecule has 11 nitrogen and oxygen atoms in total. The van der Waals surface area contributed by atoms with Gasteiger partial charge in [0.1, 0.15) is 6.04 Å². The summed E-state index contributed by atoms with van der Waals surface area (Å²) >= 11 is 0. The van der Waals surface area contributed by atoms with E-state index in [2.05, 4.69) is 9.76 Å². The number of carbonyl (C=O) groups excluding carboxylic acids is 2. The van der Waals surface area contributed by atoms with Crippen LogP contribution in [0.1, 0.15) is 12.8 Å². The summed E-state index contributed by atoms with van der Waals surface area (Å²) in [7, 11) is -4.80. The first-order valence-electron chi connectivity index (χ1n) is 6.22. The van der Waals surface area contributed by atoms with E-state index >= 15 is 0 Å². The Labute approximate surface area is 120 Å². The van der Waals surface area contributed by atoms with Gasteiger partial charge in [-0.3, -0.25) is 14.2 Å². The summed E-state index contributed by atoms with van der Waals surface area (Å²) in [4.78, 5) is 29.9. The van der Waals surface area contributed by atoms with Crippen LogP contribution < -0.4 is 11.2 Å². The zero-order valence-electron chi connectivity index (χ0n) is 11.0. The summed E-state index contributed by atoms with van der Waals surface area (Å²) in [5, 5.41) is 0.573. The predicted octanol–water partition coefficient (Wildman–Crippen LogP) is -2.00. The molecular formula is C9H16N4O7S. The second kappa shape index (κ2) is 6.11. The Hall–Kier alpha value is -1.47. The number of hydroxylamine groups is 3. The van der Waals surface area contributed by atoms with Crippen LogP contribution in [0.3, 0.4) is 0 Å². The molecule has 2 saturated heterocycles. The van der Waals surface area contributed by atoms with Gasteiger partial charge in [0, 0.05) is 13.1 Å². The molecule has 3 amide bonds. The number of fused-ring (bicyclic) bond motifs is 2. The third kappa shape index (κ3) is 3.59. The molecule has 0 aromatic heterocycles. The summed E-state index contributed by atoms with van der Waals surface area (Å²) in [6, 6.07) is -2.12. The van der Waals surface area contributed by atoms with Crippen LogP contribution in [0.5, 0.6) is 0 Å². The lowest BCUT2D eigenvalue weighted by Crippen LogP contribution is -2.49. The van der Waals surface area contributed by atoms with E-state index in [1.54, 1.807) is 0 Å². The van der Waals surface area contributed by atoms with Crippen LogP contribution in [0.2, 0.25) is 0 Å². The number of carbonyl (C=O) groups is 2. The lowest BCUT2D eigenvalue weighted by Gasteiger charge is -2.28. The van der Waals surface area contributed by atoms with Crippen molar-refractivity contribution in [3.8, 4) is 0 Å². The minimum Gasteiger partial charge on any atom is -0.328 e. The van der Waals surface area contributed by atoms with E-state index < -0.39 is 34.4 Å². The summed E-state index contributed by atoms with van der Waals surface area (Å²) in [5.74, 6) is -0.524. The van der Waals surface area contributed by atoms with Crippen molar-refractivity contribution in [3.05, 3.63) is 0 Å². The van der Waals surface area contributed by atoms with Crippen LogP contribution in [-0.2, 0) is 24.3 Å². The highest BCUT2D eigenvalue weighted by molar-refractivity contribution is 7.80. The maximum absolute atomic E-state index is 12.0. The third-order valence-electron chi connectivity index (χ3n) is 3.19. The van der Waals surface area contributed by atoms with Crippen LogP contribution in [0.15, 0.2) is 0 Å². The second-order valence-corrected chi connectivity index (χ2v) is 5.62. The van der Waals surface area contributed by atoms with E-state index in [-0.39, 0.29) is 19.7 Å². The molecule has 2 fully saturated rings. The van der Waals surface area contributed by atoms with Crippen molar-refractivity contribution in [2.24, 2.45) is 5.73 Å². The molecule has 12 heteroatoms. The maximum atomic E-state index is 12.0. The minimum absolute atomic E-state index is 0.128. The number of hydrogen-bond acceptors (Lipinski definition) is 7. The van der Waals surface area contributed by atoms with Gasteiger partial charge in [-0.1, -0.05) is 0 Å². The number of rotatable bonds is 6. The summed E-state index contributed by atoms with van der Waals surface area (Å²) in [6.07, 6.45) is 0.673. The quantitative estimate of drug-likeness (QED) is 0.288. The van der Waals surface area contributed by atoms with Crippen LogP contribution in [0.4, 0.5) is 4.79 Å². The van der Waals surface area contributed by atoms with Crippen LogP contribution in [0, 0.1) is 0 Å². The topological polar surface area (TPSA) is 151 Å². The number of piperidine rings is 1. The Morgan fingerprint density at radius 2 is 2.19 bits per heavy atom. The van der Waals surface area contributed by atoms with E-state index in [1.807, 2.05) is 0 Å². The fraction of sp³-hybridized carbons (Fsp3) is 0.778. The molecule has 0 radical (unpaired) electrons. The highest BCUT2D eigenvalue weighted by Crippen LogP contribution is 2.30. The standard InChI is InChI=1S/C9H16N4O7S/c10-3-4-19-11-8(14)7-2-1-6-5-12(7)9(15)13(6)20-21(16,17)18/h6-7H,1-5,10H2,(H,11,14)(H,16,17,18)/t6?,7-/m0/s1. The van der Waals surface area contributed by atoms with Crippen molar-refractivity contribution in [1.82, 2.24) is 15.4 Å². The Kier molecular flexibility index (Phi) is 4.63. The lowest BCUT2D eigenvalue weighted by molar-refractivity contribution is -0.138. The highest BCUT2D eigenvalue weighted by atomic mass is 32.3. The minimum atomic E-state index is -4.80. The Bertz CT molecular complexity index is 524. The smallest absolute Gasteiger partial charge is 0.328 e. The van der Waals surface area contributed by atoms with E-state index in [9.17, 15) is 18.0 Å². The fourth-order valence-corrected chi connectivity index (χ4v) is 2.74. The van der Waals surface area contributed by atoms with Gasteiger partial charge in [0.05, 0.1) is 12.6 Å². The first-order valence-corrected chi connectivity index (χ1v) is 7.58. The molecule has 1 unspecified atom stereocenters. The molecule has 4 N–H and O–H groups in total. The monoisotopic (exact) mass is 324 g/mol. The zero-order valence-corrected chi connectivity index (χ0v) is 11.8. The molecule has 2 rings (SSSR count). The zero-order chi connectivity index (χ0) is 15.6. The SMILES string of the molecule is NCCONC(=O)[C@@H]1CCC2CN1C(=O)N2OS(=O)(=O)O. The van der Waals surface area contributed by atoms with E-state index in [0.29, 0.717) is 17.9 Å². The molecule has 2 atom stereocenters. The van der Waals surface area contributed by atoms with Crippen LogP contribution in [-0.4, -0.2) is 66.7 Å². The molecule has 0 aromatic rings. The number of nitrogens with two attached hydrogens (primary N) is 1. The predicted molar refractivity (Wildman–Crippen MR) is 66.5 cm³/mol. The molecule has 0 aromatic carbocycles. The molecule has 2 bridgehead atoms. The van der Waals surface area contributed by atoms with Crippen molar-refractivity contribution in [2.45, 2.75) is 24.9 Å². The van der Waals surface area contributed by atoms with E-state index in [0.717, 1.165) is 0 Å². The molecule has 2 aliphatic rings. The number of nitrogens with one attached hydrogen (secondary N) is 1. The van der Waals surface area contributed by atoms with Gasteiger partial charge in [-0.25, -0.2) is 10.3 Å². The number of amides is 3. The van der Waals surface area contributed by atoms with E-state index in [1.165, 1.54) is 4.90 Å². The van der Waals surface area contributed by atoms with Crippen molar-refractivity contribution < 1.29 is 31.7 Å². The maximum Gasteiger partial charge on any atom is 0.418 e. The first kappa shape index (κ1) is 15.9. The molecule has 21 heavy (non-hydrogen) atoms. The number of urea groups is 1. The van der Waals surface area contributed by atoms with Crippen LogP contribution >= 0.6 is 0 Å². The molecule has 0 aliphatic carbocycles. The molecule has 120 valence electrons. The molecule has 2 aliphatic heterocycles. The molecule has 2 heterocycles. The first-order chi connectivity index (χ1) is 9.83. The van der Waals surface area contributed by atoms with Gasteiger partial charge < -0.3 is 10.6 Å². The fourth-order valence-electron chi connectivity index (χ4n) is 2.35. The number of nitrogens with zero attached hydrogens (tertiary/aromatic N) is 2. The van der Waals surface area contributed by atoms with Gasteiger partial charge in [0.25, 0.3) is 5.91 Å². The number of hydrogen-bond donors (Lipinski definition) is 3. The normalized spacial score (nSPS) is 25.3. The van der Waals surface area contributed by atoms with Crippen molar-refractivity contribution in [3.63, 3.8) is 0 Å². The Morgan fingerprint density at radius 1 is 1.48 bits per heavy atom. The lowest BCUT2D eigenvalue weighted by atomic mass is 10.0. The average Bonchev–Trinajstić information content (AvgIpc) is 2.63. The van der Waals surface area contributed by atoms with Crippen molar-refractivity contribution >= 4 is 22.3 Å². The summed E-state index contributed by atoms with van der Waals surface area (Å²) < 4.78 is 34.3. The Morgan fingerprint density at radius 3 is 2.81 bits per heavy atom. The van der Waals surface area contributed by atoms with Crippen molar-refractivity contribution in [2.75, 3.05) is 19.7 Å². The van der Waals surface area contributed by atoms with Crippen LogP contribution in [0.25, 0.3) is 0 Å². The van der Waals surface area contributed by atoms with Gasteiger partial charge in [0.2, 0.25) is 0 Å². The van der Waals surface area contributed by atoms with E-state index in [4.69, 9.17) is 15.1 Å². The largest absolute Gasteiger partial charge is 0.418 e. The summed E-state index contributed by atoms with van der Waals surface area (Å²) in [6.45, 7) is 0.488. The van der Waals surface area contributed by atoms with Gasteiger partial charge in [-0.2, -0.15) is 13.5 Å². The summed E-state index contributed by atoms with van der Waals surface area (Å²) in [5.41, 5.74) is 7.39. The molecular weight excluding hydrogens is 308 g/mol. The second-order valence-electron chi connectivity index (χ2n) is 4.61. The molecule has 0 saturated carbocycles. The highest BCUT2D eigenvalue weighted by Gasteiger charge is 2.49.